The highest BCUT2D eigenvalue weighted by Crippen LogP contribution is 2.38. The normalized spacial score (nSPS) is 27.1. The van der Waals surface area contributed by atoms with E-state index in [1.807, 2.05) is 0 Å². The fourth-order valence-electron chi connectivity index (χ4n) is 3.63. The molecule has 0 amide bonds. The Morgan fingerprint density at radius 1 is 1.23 bits per heavy atom. The minimum atomic E-state index is -0.410. The molecule has 22 heavy (non-hydrogen) atoms. The van der Waals surface area contributed by atoms with Crippen molar-refractivity contribution in [3.8, 4) is 5.75 Å². The van der Waals surface area contributed by atoms with Gasteiger partial charge in [0.1, 0.15) is 12.1 Å². The molecule has 2 heterocycles. The summed E-state index contributed by atoms with van der Waals surface area (Å²) in [6.07, 6.45) is 3.65. The summed E-state index contributed by atoms with van der Waals surface area (Å²) in [5.74, 6) is 1.85. The molecule has 2 fully saturated rings. The second-order valence-electron chi connectivity index (χ2n) is 6.10. The highest BCUT2D eigenvalue weighted by atomic mass is 19.1. The van der Waals surface area contributed by atoms with Crippen LogP contribution in [0.4, 0.5) is 10.2 Å². The van der Waals surface area contributed by atoms with Crippen LogP contribution in [-0.4, -0.2) is 36.3 Å². The molecule has 1 saturated carbocycles. The van der Waals surface area contributed by atoms with Gasteiger partial charge in [-0.1, -0.05) is 0 Å². The van der Waals surface area contributed by atoms with Crippen LogP contribution in [-0.2, 0) is 4.74 Å². The third-order valence-corrected chi connectivity index (χ3v) is 4.75. The van der Waals surface area contributed by atoms with Gasteiger partial charge in [-0.3, -0.25) is 0 Å². The molecule has 1 aliphatic carbocycles. The topological polar surface area (TPSA) is 56.3 Å². The number of aromatic nitrogens is 2. The summed E-state index contributed by atoms with van der Waals surface area (Å²) in [4.78, 5) is 8.48. The molecule has 4 rings (SSSR count). The van der Waals surface area contributed by atoms with Crippen molar-refractivity contribution in [3.05, 3.63) is 24.3 Å². The summed E-state index contributed by atoms with van der Waals surface area (Å²) in [5, 5.41) is 4.28. The van der Waals surface area contributed by atoms with Gasteiger partial charge in [-0.25, -0.2) is 14.4 Å². The van der Waals surface area contributed by atoms with E-state index in [-0.39, 0.29) is 5.75 Å². The molecule has 0 bridgehead atoms. The van der Waals surface area contributed by atoms with Crippen LogP contribution in [0.2, 0.25) is 0 Å². The monoisotopic (exact) mass is 303 g/mol. The van der Waals surface area contributed by atoms with Crippen molar-refractivity contribution in [2.45, 2.75) is 18.9 Å². The van der Waals surface area contributed by atoms with Gasteiger partial charge in [0.05, 0.1) is 12.6 Å². The first-order valence-electron chi connectivity index (χ1n) is 7.57. The number of nitrogens with one attached hydrogen (secondary N) is 1. The van der Waals surface area contributed by atoms with Gasteiger partial charge >= 0.3 is 0 Å². The molecule has 1 aromatic heterocycles. The molecular weight excluding hydrogens is 285 g/mol. The zero-order valence-corrected chi connectivity index (χ0v) is 12.4. The van der Waals surface area contributed by atoms with E-state index >= 15 is 0 Å². The maximum absolute atomic E-state index is 13.8. The predicted molar refractivity (Wildman–Crippen MR) is 80.5 cm³/mol. The number of anilines is 1. The third kappa shape index (κ3) is 2.27. The molecule has 1 saturated heterocycles. The Morgan fingerprint density at radius 3 is 2.73 bits per heavy atom. The number of nitrogens with zero attached hydrogens (tertiary/aromatic N) is 2. The van der Waals surface area contributed by atoms with E-state index in [2.05, 4.69) is 15.3 Å². The fourth-order valence-corrected chi connectivity index (χ4v) is 3.63. The Hall–Kier alpha value is -1.95. The van der Waals surface area contributed by atoms with Crippen LogP contribution in [0.3, 0.4) is 0 Å². The van der Waals surface area contributed by atoms with E-state index in [9.17, 15) is 4.39 Å². The van der Waals surface area contributed by atoms with Crippen molar-refractivity contribution < 1.29 is 13.9 Å². The van der Waals surface area contributed by atoms with Gasteiger partial charge in [0, 0.05) is 30.7 Å². The Morgan fingerprint density at radius 2 is 2.00 bits per heavy atom. The number of ether oxygens (including phenoxy) is 2. The van der Waals surface area contributed by atoms with Crippen LogP contribution in [0.25, 0.3) is 10.9 Å². The van der Waals surface area contributed by atoms with Crippen molar-refractivity contribution in [1.82, 2.24) is 9.97 Å². The van der Waals surface area contributed by atoms with Crippen LogP contribution >= 0.6 is 0 Å². The number of hydrogen-bond acceptors (Lipinski definition) is 5. The molecule has 6 heteroatoms. The van der Waals surface area contributed by atoms with Gasteiger partial charge in [-0.15, -0.1) is 0 Å². The van der Waals surface area contributed by atoms with Crippen molar-refractivity contribution >= 4 is 16.7 Å². The lowest BCUT2D eigenvalue weighted by Crippen LogP contribution is -2.18. The smallest absolute Gasteiger partial charge is 0.167 e. The average molecular weight is 303 g/mol. The fraction of sp³-hybridized carbons (Fsp3) is 0.500. The van der Waals surface area contributed by atoms with Crippen molar-refractivity contribution in [1.29, 1.82) is 0 Å². The molecule has 1 aromatic carbocycles. The molecule has 0 radical (unpaired) electrons. The van der Waals surface area contributed by atoms with Gasteiger partial charge in [0.2, 0.25) is 0 Å². The summed E-state index contributed by atoms with van der Waals surface area (Å²) in [7, 11) is 1.46. The lowest BCUT2D eigenvalue weighted by Gasteiger charge is -2.16. The molecule has 1 N–H and O–H groups in total. The molecule has 116 valence electrons. The van der Waals surface area contributed by atoms with E-state index in [1.165, 1.54) is 19.5 Å². The van der Waals surface area contributed by atoms with E-state index in [0.717, 1.165) is 37.3 Å². The Bertz CT molecular complexity index is 697. The molecule has 2 aliphatic rings. The van der Waals surface area contributed by atoms with E-state index in [1.54, 1.807) is 6.07 Å². The Balaban J connectivity index is 1.64. The number of hydrogen-bond donors (Lipinski definition) is 1. The van der Waals surface area contributed by atoms with E-state index < -0.39 is 5.82 Å². The standard InChI is InChI=1S/C16H18FN3O2/c1-21-15-4-12-14(5-13(15)17)18-8-19-16(12)20-11-2-9-6-22-7-10(9)3-11/h4-5,8-11H,2-3,6-7H2,1H3,(H,18,19,20). The van der Waals surface area contributed by atoms with Crippen LogP contribution in [0.1, 0.15) is 12.8 Å². The van der Waals surface area contributed by atoms with Gasteiger partial charge in [-0.05, 0) is 30.7 Å². The van der Waals surface area contributed by atoms with Gasteiger partial charge < -0.3 is 14.8 Å². The quantitative estimate of drug-likeness (QED) is 0.944. The SMILES string of the molecule is COc1cc2c(NC3CC4COCC4C3)ncnc2cc1F. The largest absolute Gasteiger partial charge is 0.494 e. The molecule has 5 nitrogen and oxygen atoms in total. The number of rotatable bonds is 3. The second-order valence-corrected chi connectivity index (χ2v) is 6.10. The van der Waals surface area contributed by atoms with E-state index in [4.69, 9.17) is 9.47 Å². The first kappa shape index (κ1) is 13.7. The summed E-state index contributed by atoms with van der Waals surface area (Å²) >= 11 is 0. The van der Waals surface area contributed by atoms with Crippen LogP contribution in [0.5, 0.6) is 5.75 Å². The molecular formula is C16H18FN3O2. The lowest BCUT2D eigenvalue weighted by molar-refractivity contribution is 0.172. The Labute approximate surface area is 127 Å². The molecule has 0 spiro atoms. The average Bonchev–Trinajstić information content (AvgIpc) is 3.08. The van der Waals surface area contributed by atoms with Gasteiger partial charge in [0.15, 0.2) is 11.6 Å². The van der Waals surface area contributed by atoms with Crippen LogP contribution in [0, 0.1) is 17.7 Å². The molecule has 1 aliphatic heterocycles. The summed E-state index contributed by atoms with van der Waals surface area (Å²) in [5.41, 5.74) is 0.581. The third-order valence-electron chi connectivity index (χ3n) is 4.75. The minimum absolute atomic E-state index is 0.210. The van der Waals surface area contributed by atoms with Crippen molar-refractivity contribution in [2.24, 2.45) is 11.8 Å². The zero-order chi connectivity index (χ0) is 15.1. The number of benzene rings is 1. The summed E-state index contributed by atoms with van der Waals surface area (Å²) in [6.45, 7) is 1.73. The molecule has 2 unspecified atom stereocenters. The van der Waals surface area contributed by atoms with E-state index in [0.29, 0.717) is 23.4 Å². The van der Waals surface area contributed by atoms with Crippen LogP contribution in [0.15, 0.2) is 18.5 Å². The first-order valence-corrected chi connectivity index (χ1v) is 7.57. The summed E-state index contributed by atoms with van der Waals surface area (Å²) in [6, 6.07) is 3.43. The zero-order valence-electron chi connectivity index (χ0n) is 12.4. The number of methoxy groups -OCH3 is 1. The number of fused-ring (bicyclic) bond motifs is 2. The molecule has 2 atom stereocenters. The lowest BCUT2D eigenvalue weighted by atomic mass is 10.0. The van der Waals surface area contributed by atoms with Gasteiger partial charge in [-0.2, -0.15) is 0 Å². The molecule has 2 aromatic rings. The highest BCUT2D eigenvalue weighted by molar-refractivity contribution is 5.90. The highest BCUT2D eigenvalue weighted by Gasteiger charge is 2.38. The minimum Gasteiger partial charge on any atom is -0.494 e. The number of halogens is 1. The van der Waals surface area contributed by atoms with Crippen LogP contribution < -0.4 is 10.1 Å². The maximum atomic E-state index is 13.8. The van der Waals surface area contributed by atoms with Gasteiger partial charge in [0.25, 0.3) is 0 Å². The maximum Gasteiger partial charge on any atom is 0.167 e. The Kier molecular flexibility index (Phi) is 3.33. The van der Waals surface area contributed by atoms with Crippen molar-refractivity contribution in [3.63, 3.8) is 0 Å². The first-order chi connectivity index (χ1) is 10.7. The summed E-state index contributed by atoms with van der Waals surface area (Å²) < 4.78 is 24.4. The second kappa shape index (κ2) is 5.35. The predicted octanol–water partition coefficient (Wildman–Crippen LogP) is 2.61. The van der Waals surface area contributed by atoms with Crippen molar-refractivity contribution in [2.75, 3.05) is 25.6 Å².